The van der Waals surface area contributed by atoms with Gasteiger partial charge in [-0.25, -0.2) is 0 Å². The van der Waals surface area contributed by atoms with Crippen LogP contribution in [0.3, 0.4) is 0 Å². The molecule has 3 nitrogen and oxygen atoms in total. The van der Waals surface area contributed by atoms with E-state index in [4.69, 9.17) is 9.72 Å². The van der Waals surface area contributed by atoms with Crippen molar-refractivity contribution >= 4 is 16.9 Å². The van der Waals surface area contributed by atoms with Gasteiger partial charge in [-0.2, -0.15) is 0 Å². The van der Waals surface area contributed by atoms with Crippen LogP contribution in [-0.4, -0.2) is 11.0 Å². The third-order valence-corrected chi connectivity index (χ3v) is 3.88. The summed E-state index contributed by atoms with van der Waals surface area (Å²) >= 11 is 0. The molecule has 3 rings (SSSR count). The molecule has 0 saturated heterocycles. The monoisotopic (exact) mass is 269 g/mol. The van der Waals surface area contributed by atoms with Crippen molar-refractivity contribution in [2.24, 2.45) is 5.41 Å². The fourth-order valence-corrected chi connectivity index (χ4v) is 3.04. The zero-order valence-corrected chi connectivity index (χ0v) is 12.1. The summed E-state index contributed by atoms with van der Waals surface area (Å²) in [6, 6.07) is 10.2. The number of hydrogen-bond acceptors (Lipinski definition) is 3. The number of fused-ring (bicyclic) bond motifs is 2. The standard InChI is InChI=1S/C17H19NO2/c1-11(19)20-16-10-17(2,3)9-15-13(16)8-12-6-4-5-7-14(12)18-15/h4-8,16H,9-10H2,1-3H3. The molecule has 2 aromatic rings. The minimum Gasteiger partial charge on any atom is -0.458 e. The second-order valence-corrected chi connectivity index (χ2v) is 6.36. The van der Waals surface area contributed by atoms with E-state index >= 15 is 0 Å². The Labute approximate surface area is 119 Å². The molecule has 0 N–H and O–H groups in total. The molecular formula is C17H19NO2. The highest BCUT2D eigenvalue weighted by Crippen LogP contribution is 2.42. The Morgan fingerprint density at radius 2 is 2.10 bits per heavy atom. The Morgan fingerprint density at radius 1 is 1.35 bits per heavy atom. The first-order valence-corrected chi connectivity index (χ1v) is 7.00. The van der Waals surface area contributed by atoms with E-state index in [9.17, 15) is 4.79 Å². The molecule has 1 aromatic heterocycles. The molecule has 3 heteroatoms. The maximum Gasteiger partial charge on any atom is 0.303 e. The Morgan fingerprint density at radius 3 is 2.85 bits per heavy atom. The predicted octanol–water partition coefficient (Wildman–Crippen LogP) is 3.81. The number of para-hydroxylation sites is 1. The van der Waals surface area contributed by atoms with E-state index in [1.807, 2.05) is 24.3 Å². The van der Waals surface area contributed by atoms with Crippen LogP contribution in [0, 0.1) is 5.41 Å². The average Bonchev–Trinajstić information content (AvgIpc) is 2.35. The van der Waals surface area contributed by atoms with Gasteiger partial charge in [-0.15, -0.1) is 0 Å². The number of aromatic nitrogens is 1. The number of rotatable bonds is 1. The van der Waals surface area contributed by atoms with Crippen molar-refractivity contribution in [2.75, 3.05) is 0 Å². The smallest absolute Gasteiger partial charge is 0.303 e. The SMILES string of the molecule is CC(=O)OC1CC(C)(C)Cc2nc3ccccc3cc21. The molecule has 0 aliphatic heterocycles. The van der Waals surface area contributed by atoms with E-state index in [0.717, 1.165) is 35.0 Å². The Bertz CT molecular complexity index is 676. The van der Waals surface area contributed by atoms with Crippen molar-refractivity contribution in [3.63, 3.8) is 0 Å². The highest BCUT2D eigenvalue weighted by Gasteiger charge is 2.35. The van der Waals surface area contributed by atoms with Crippen LogP contribution in [0.25, 0.3) is 10.9 Å². The Hall–Kier alpha value is -1.90. The maximum absolute atomic E-state index is 11.4. The molecule has 0 radical (unpaired) electrons. The van der Waals surface area contributed by atoms with Gasteiger partial charge in [0.15, 0.2) is 0 Å². The number of carbonyl (C=O) groups is 1. The van der Waals surface area contributed by atoms with E-state index in [0.29, 0.717) is 0 Å². The minimum absolute atomic E-state index is 0.0998. The van der Waals surface area contributed by atoms with Crippen molar-refractivity contribution < 1.29 is 9.53 Å². The first-order valence-electron chi connectivity index (χ1n) is 7.00. The molecular weight excluding hydrogens is 250 g/mol. The molecule has 104 valence electrons. The summed E-state index contributed by atoms with van der Waals surface area (Å²) in [5, 5.41) is 1.10. The van der Waals surface area contributed by atoms with Crippen LogP contribution in [0.2, 0.25) is 0 Å². The molecule has 1 aliphatic carbocycles. The molecule has 0 fully saturated rings. The van der Waals surface area contributed by atoms with Gasteiger partial charge in [0.05, 0.1) is 5.52 Å². The van der Waals surface area contributed by atoms with Crippen molar-refractivity contribution in [1.82, 2.24) is 4.98 Å². The first-order chi connectivity index (χ1) is 9.44. The topological polar surface area (TPSA) is 39.2 Å². The molecule has 0 spiro atoms. The van der Waals surface area contributed by atoms with Crippen molar-refractivity contribution in [3.8, 4) is 0 Å². The molecule has 0 saturated carbocycles. The number of hydrogen-bond donors (Lipinski definition) is 0. The van der Waals surface area contributed by atoms with Gasteiger partial charge in [-0.1, -0.05) is 32.0 Å². The summed E-state index contributed by atoms with van der Waals surface area (Å²) < 4.78 is 5.52. The largest absolute Gasteiger partial charge is 0.458 e. The molecule has 0 amide bonds. The summed E-state index contributed by atoms with van der Waals surface area (Å²) in [5.41, 5.74) is 3.23. The van der Waals surface area contributed by atoms with Crippen molar-refractivity contribution in [2.45, 2.75) is 39.7 Å². The molecule has 1 aromatic carbocycles. The zero-order chi connectivity index (χ0) is 14.3. The van der Waals surface area contributed by atoms with Gasteiger partial charge >= 0.3 is 5.97 Å². The highest BCUT2D eigenvalue weighted by molar-refractivity contribution is 5.79. The molecule has 1 atom stereocenters. The van der Waals surface area contributed by atoms with E-state index in [1.165, 1.54) is 6.92 Å². The van der Waals surface area contributed by atoms with Crippen molar-refractivity contribution in [3.05, 3.63) is 41.6 Å². The number of ether oxygens (including phenoxy) is 1. The lowest BCUT2D eigenvalue weighted by atomic mass is 9.74. The lowest BCUT2D eigenvalue weighted by Gasteiger charge is -2.35. The van der Waals surface area contributed by atoms with E-state index in [1.54, 1.807) is 0 Å². The lowest BCUT2D eigenvalue weighted by Crippen LogP contribution is -2.28. The normalized spacial score (nSPS) is 20.4. The summed E-state index contributed by atoms with van der Waals surface area (Å²) in [7, 11) is 0. The molecule has 1 unspecified atom stereocenters. The average molecular weight is 269 g/mol. The van der Waals surface area contributed by atoms with E-state index in [2.05, 4.69) is 19.9 Å². The maximum atomic E-state index is 11.4. The lowest BCUT2D eigenvalue weighted by molar-refractivity contribution is -0.148. The third kappa shape index (κ3) is 2.40. The van der Waals surface area contributed by atoms with E-state index < -0.39 is 0 Å². The quantitative estimate of drug-likeness (QED) is 0.739. The van der Waals surface area contributed by atoms with Crippen LogP contribution in [-0.2, 0) is 16.0 Å². The van der Waals surface area contributed by atoms with Gasteiger partial charge in [0.1, 0.15) is 6.10 Å². The van der Waals surface area contributed by atoms with Crippen LogP contribution in [0.4, 0.5) is 0 Å². The highest BCUT2D eigenvalue weighted by atomic mass is 16.5. The number of pyridine rings is 1. The van der Waals surface area contributed by atoms with Crippen LogP contribution in [0.15, 0.2) is 30.3 Å². The number of nitrogens with zero attached hydrogens (tertiary/aromatic N) is 1. The van der Waals surface area contributed by atoms with Crippen LogP contribution >= 0.6 is 0 Å². The van der Waals surface area contributed by atoms with Gasteiger partial charge in [0.25, 0.3) is 0 Å². The first kappa shape index (κ1) is 13.1. The Kier molecular flexibility index (Phi) is 3.00. The van der Waals surface area contributed by atoms with Crippen LogP contribution in [0.1, 0.15) is 44.6 Å². The molecule has 0 bridgehead atoms. The van der Waals surface area contributed by atoms with Crippen LogP contribution < -0.4 is 0 Å². The van der Waals surface area contributed by atoms with Gasteiger partial charge in [0, 0.05) is 23.6 Å². The van der Waals surface area contributed by atoms with Gasteiger partial charge in [-0.3, -0.25) is 9.78 Å². The second kappa shape index (κ2) is 4.58. The molecule has 1 aliphatic rings. The van der Waals surface area contributed by atoms with Gasteiger partial charge in [-0.05, 0) is 30.4 Å². The van der Waals surface area contributed by atoms with Gasteiger partial charge in [0.2, 0.25) is 0 Å². The van der Waals surface area contributed by atoms with E-state index in [-0.39, 0.29) is 17.5 Å². The summed E-state index contributed by atoms with van der Waals surface area (Å²) in [6.45, 7) is 5.86. The minimum atomic E-state index is -0.230. The summed E-state index contributed by atoms with van der Waals surface area (Å²) in [4.78, 5) is 16.1. The summed E-state index contributed by atoms with van der Waals surface area (Å²) in [5.74, 6) is -0.230. The molecule has 1 heterocycles. The fourth-order valence-electron chi connectivity index (χ4n) is 3.04. The number of esters is 1. The number of benzene rings is 1. The third-order valence-electron chi connectivity index (χ3n) is 3.88. The number of carbonyl (C=O) groups excluding carboxylic acids is 1. The van der Waals surface area contributed by atoms with Gasteiger partial charge < -0.3 is 4.74 Å². The predicted molar refractivity (Wildman–Crippen MR) is 78.4 cm³/mol. The second-order valence-electron chi connectivity index (χ2n) is 6.36. The summed E-state index contributed by atoms with van der Waals surface area (Å²) in [6.07, 6.45) is 1.59. The molecule has 20 heavy (non-hydrogen) atoms. The fraction of sp³-hybridized carbons (Fsp3) is 0.412. The zero-order valence-electron chi connectivity index (χ0n) is 12.1. The Balaban J connectivity index is 2.14. The van der Waals surface area contributed by atoms with Crippen LogP contribution in [0.5, 0.6) is 0 Å². The van der Waals surface area contributed by atoms with Crippen molar-refractivity contribution in [1.29, 1.82) is 0 Å².